The molecule has 0 aliphatic carbocycles. The fourth-order valence-corrected chi connectivity index (χ4v) is 1.58. The van der Waals surface area contributed by atoms with Crippen LogP contribution in [0, 0.1) is 0 Å². The van der Waals surface area contributed by atoms with Crippen molar-refractivity contribution in [3.8, 4) is 0 Å². The molecular formula is C9H12N4O. The fourth-order valence-electron chi connectivity index (χ4n) is 1.58. The number of aromatic nitrogens is 3. The molecule has 5 nitrogen and oxygen atoms in total. The Bertz CT molecular complexity index is 511. The van der Waals surface area contributed by atoms with Crippen LogP contribution in [-0.4, -0.2) is 20.7 Å². The van der Waals surface area contributed by atoms with E-state index in [1.54, 1.807) is 17.8 Å². The van der Waals surface area contributed by atoms with Crippen molar-refractivity contribution in [1.29, 1.82) is 0 Å². The van der Waals surface area contributed by atoms with Gasteiger partial charge in [-0.05, 0) is 12.1 Å². The minimum absolute atomic E-state index is 0.0656. The lowest BCUT2D eigenvalue weighted by Gasteiger charge is -1.97. The molecule has 0 saturated carbocycles. The Morgan fingerprint density at radius 2 is 2.36 bits per heavy atom. The summed E-state index contributed by atoms with van der Waals surface area (Å²) >= 11 is 0. The van der Waals surface area contributed by atoms with Crippen LogP contribution in [0.5, 0.6) is 0 Å². The lowest BCUT2D eigenvalue weighted by Crippen LogP contribution is -2.25. The summed E-state index contributed by atoms with van der Waals surface area (Å²) in [6.45, 7) is 0.982. The zero-order chi connectivity index (χ0) is 10.1. The second kappa shape index (κ2) is 3.26. The van der Waals surface area contributed by atoms with Gasteiger partial charge in [0.15, 0.2) is 5.65 Å². The van der Waals surface area contributed by atoms with Crippen LogP contribution in [0.15, 0.2) is 23.1 Å². The van der Waals surface area contributed by atoms with E-state index in [4.69, 9.17) is 5.73 Å². The van der Waals surface area contributed by atoms with Gasteiger partial charge < -0.3 is 5.73 Å². The number of aryl methyl sites for hydroxylation is 1. The van der Waals surface area contributed by atoms with Crippen LogP contribution in [0.25, 0.3) is 11.2 Å². The van der Waals surface area contributed by atoms with E-state index in [2.05, 4.69) is 4.98 Å². The molecule has 74 valence electrons. The summed E-state index contributed by atoms with van der Waals surface area (Å²) in [7, 11) is 1.71. The van der Waals surface area contributed by atoms with Gasteiger partial charge in [-0.3, -0.25) is 9.13 Å². The van der Waals surface area contributed by atoms with E-state index in [-0.39, 0.29) is 5.69 Å². The molecule has 0 unspecified atom stereocenters. The van der Waals surface area contributed by atoms with Gasteiger partial charge >= 0.3 is 5.69 Å². The quantitative estimate of drug-likeness (QED) is 0.710. The van der Waals surface area contributed by atoms with Crippen LogP contribution >= 0.6 is 0 Å². The van der Waals surface area contributed by atoms with Crippen LogP contribution in [0.1, 0.15) is 0 Å². The predicted octanol–water partition coefficient (Wildman–Crippen LogP) is -0.306. The lowest BCUT2D eigenvalue weighted by atomic mass is 10.4. The monoisotopic (exact) mass is 192 g/mol. The number of imidazole rings is 1. The van der Waals surface area contributed by atoms with Gasteiger partial charge in [-0.1, -0.05) is 0 Å². The molecule has 0 bridgehead atoms. The summed E-state index contributed by atoms with van der Waals surface area (Å²) in [6, 6.07) is 3.69. The van der Waals surface area contributed by atoms with Crippen LogP contribution in [-0.2, 0) is 13.6 Å². The van der Waals surface area contributed by atoms with Crippen molar-refractivity contribution >= 4 is 11.2 Å². The highest BCUT2D eigenvalue weighted by molar-refractivity contribution is 5.71. The van der Waals surface area contributed by atoms with E-state index < -0.39 is 0 Å². The molecule has 2 heterocycles. The van der Waals surface area contributed by atoms with E-state index in [0.29, 0.717) is 18.7 Å². The van der Waals surface area contributed by atoms with Crippen LogP contribution in [0.4, 0.5) is 0 Å². The average Bonchev–Trinajstić information content (AvgIpc) is 2.45. The first-order valence-corrected chi connectivity index (χ1v) is 4.46. The van der Waals surface area contributed by atoms with Crippen molar-refractivity contribution < 1.29 is 0 Å². The minimum Gasteiger partial charge on any atom is -0.329 e. The molecule has 2 aromatic heterocycles. The maximum atomic E-state index is 11.7. The fraction of sp³-hybridized carbons (Fsp3) is 0.333. The molecule has 0 aliphatic heterocycles. The number of rotatable bonds is 2. The molecule has 0 fully saturated rings. The van der Waals surface area contributed by atoms with Gasteiger partial charge in [0.1, 0.15) is 0 Å². The number of nitrogens with zero attached hydrogens (tertiary/aromatic N) is 3. The Morgan fingerprint density at radius 3 is 3.07 bits per heavy atom. The van der Waals surface area contributed by atoms with Crippen molar-refractivity contribution in [3.05, 3.63) is 28.8 Å². The Morgan fingerprint density at radius 1 is 1.57 bits per heavy atom. The number of fused-ring (bicyclic) bond motifs is 1. The summed E-state index contributed by atoms with van der Waals surface area (Å²) < 4.78 is 3.17. The van der Waals surface area contributed by atoms with Crippen LogP contribution in [0.3, 0.4) is 0 Å². The van der Waals surface area contributed by atoms with E-state index in [1.165, 1.54) is 4.57 Å². The highest BCUT2D eigenvalue weighted by Crippen LogP contribution is 2.07. The van der Waals surface area contributed by atoms with Gasteiger partial charge in [0.05, 0.1) is 5.52 Å². The first-order valence-electron chi connectivity index (χ1n) is 4.46. The number of hydrogen-bond donors (Lipinski definition) is 1. The van der Waals surface area contributed by atoms with Crippen molar-refractivity contribution in [2.45, 2.75) is 6.54 Å². The zero-order valence-corrected chi connectivity index (χ0v) is 7.97. The van der Waals surface area contributed by atoms with Gasteiger partial charge in [0.25, 0.3) is 0 Å². The third kappa shape index (κ3) is 1.13. The normalized spacial score (nSPS) is 11.0. The second-order valence-corrected chi connectivity index (χ2v) is 3.13. The highest BCUT2D eigenvalue weighted by Gasteiger charge is 2.09. The second-order valence-electron chi connectivity index (χ2n) is 3.13. The average molecular weight is 192 g/mol. The standard InChI is InChI=1S/C9H12N4O/c1-12-8-7(3-2-5-11-8)13(6-4-10)9(12)14/h2-3,5H,4,6,10H2,1H3. The van der Waals surface area contributed by atoms with Crippen LogP contribution < -0.4 is 11.4 Å². The Kier molecular flexibility index (Phi) is 2.09. The summed E-state index contributed by atoms with van der Waals surface area (Å²) in [5.41, 5.74) is 6.91. The molecule has 0 aromatic carbocycles. The molecular weight excluding hydrogens is 180 g/mol. The molecule has 0 radical (unpaired) electrons. The molecule has 0 aliphatic rings. The first-order chi connectivity index (χ1) is 6.75. The minimum atomic E-state index is -0.0656. The summed E-state index contributed by atoms with van der Waals surface area (Å²) in [6.07, 6.45) is 1.68. The maximum Gasteiger partial charge on any atom is 0.330 e. The molecule has 0 atom stereocenters. The third-order valence-electron chi connectivity index (χ3n) is 2.25. The Hall–Kier alpha value is -1.62. The van der Waals surface area contributed by atoms with E-state index in [0.717, 1.165) is 5.52 Å². The summed E-state index contributed by atoms with van der Waals surface area (Å²) in [5.74, 6) is 0. The summed E-state index contributed by atoms with van der Waals surface area (Å²) in [4.78, 5) is 15.9. The molecule has 2 N–H and O–H groups in total. The van der Waals surface area contributed by atoms with Gasteiger partial charge in [0.2, 0.25) is 0 Å². The number of nitrogens with two attached hydrogens (primary N) is 1. The van der Waals surface area contributed by atoms with Crippen molar-refractivity contribution in [3.63, 3.8) is 0 Å². The molecule has 0 spiro atoms. The van der Waals surface area contributed by atoms with Gasteiger partial charge in [-0.15, -0.1) is 0 Å². The molecule has 0 amide bonds. The van der Waals surface area contributed by atoms with Crippen molar-refractivity contribution in [1.82, 2.24) is 14.1 Å². The van der Waals surface area contributed by atoms with Crippen molar-refractivity contribution in [2.75, 3.05) is 6.54 Å². The van der Waals surface area contributed by atoms with Gasteiger partial charge in [-0.2, -0.15) is 0 Å². The highest BCUT2D eigenvalue weighted by atomic mass is 16.1. The van der Waals surface area contributed by atoms with E-state index >= 15 is 0 Å². The van der Waals surface area contributed by atoms with Crippen LogP contribution in [0.2, 0.25) is 0 Å². The molecule has 0 saturated heterocycles. The first kappa shape index (κ1) is 8.96. The Balaban J connectivity index is 2.81. The summed E-state index contributed by atoms with van der Waals surface area (Å²) in [5, 5.41) is 0. The largest absolute Gasteiger partial charge is 0.330 e. The van der Waals surface area contributed by atoms with Crippen molar-refractivity contribution in [2.24, 2.45) is 12.8 Å². The zero-order valence-electron chi connectivity index (χ0n) is 7.97. The molecule has 5 heteroatoms. The van der Waals surface area contributed by atoms with E-state index in [1.807, 2.05) is 12.1 Å². The predicted molar refractivity (Wildman–Crippen MR) is 54.0 cm³/mol. The number of hydrogen-bond acceptors (Lipinski definition) is 3. The van der Waals surface area contributed by atoms with Gasteiger partial charge in [-0.25, -0.2) is 9.78 Å². The Labute approximate surface area is 80.8 Å². The number of pyridine rings is 1. The van der Waals surface area contributed by atoms with E-state index in [9.17, 15) is 4.79 Å². The lowest BCUT2D eigenvalue weighted by molar-refractivity contribution is 0.675. The molecule has 2 aromatic rings. The molecule has 14 heavy (non-hydrogen) atoms. The van der Waals surface area contributed by atoms with Gasteiger partial charge in [0, 0.05) is 26.3 Å². The maximum absolute atomic E-state index is 11.7. The topological polar surface area (TPSA) is 65.8 Å². The third-order valence-corrected chi connectivity index (χ3v) is 2.25. The molecule has 2 rings (SSSR count). The smallest absolute Gasteiger partial charge is 0.329 e. The SMILES string of the molecule is Cn1c(=O)n(CCN)c2cccnc21.